The van der Waals surface area contributed by atoms with Gasteiger partial charge in [0.2, 0.25) is 5.91 Å². The Morgan fingerprint density at radius 3 is 1.18 bits per heavy atom. The maximum Gasteiger partial charge on any atom is 0.220 e. The number of unbranched alkanes of at least 4 members (excludes halogenated alkanes) is 41. The van der Waals surface area contributed by atoms with Crippen molar-refractivity contribution >= 4 is 5.91 Å². The predicted molar refractivity (Wildman–Crippen MR) is 383 cm³/mol. The van der Waals surface area contributed by atoms with Gasteiger partial charge in [0.1, 0.15) is 48.8 Å². The van der Waals surface area contributed by atoms with E-state index in [0.29, 0.717) is 12.8 Å². The van der Waals surface area contributed by atoms with Crippen molar-refractivity contribution < 1.29 is 64.6 Å². The van der Waals surface area contributed by atoms with Crippen LogP contribution in [0.5, 0.6) is 0 Å². The van der Waals surface area contributed by atoms with Gasteiger partial charge in [-0.1, -0.05) is 324 Å². The second-order valence-electron chi connectivity index (χ2n) is 27.1. The molecule has 2 aliphatic heterocycles. The largest absolute Gasteiger partial charge is 0.394 e. The number of nitrogens with one attached hydrogen (secondary N) is 1. The Labute approximate surface area is 568 Å². The first-order valence-corrected chi connectivity index (χ1v) is 38.7. The topological polar surface area (TPSA) is 228 Å². The molecular weight excluding hydrogens is 1170 g/mol. The molecule has 2 heterocycles. The Bertz CT molecular complexity index is 1840. The highest BCUT2D eigenvalue weighted by Gasteiger charge is 2.51. The Morgan fingerprint density at radius 1 is 0.398 bits per heavy atom. The second kappa shape index (κ2) is 62.9. The zero-order valence-corrected chi connectivity index (χ0v) is 59.2. The summed E-state index contributed by atoms with van der Waals surface area (Å²) >= 11 is 0. The van der Waals surface area contributed by atoms with Gasteiger partial charge in [-0.25, -0.2) is 0 Å². The van der Waals surface area contributed by atoms with E-state index < -0.39 is 86.8 Å². The van der Waals surface area contributed by atoms with Crippen LogP contribution in [-0.2, 0) is 23.7 Å². The summed E-state index contributed by atoms with van der Waals surface area (Å²) in [5.74, 6) is -0.245. The van der Waals surface area contributed by atoms with Crippen LogP contribution in [0.1, 0.15) is 328 Å². The maximum atomic E-state index is 13.4. The van der Waals surface area contributed by atoms with E-state index in [2.05, 4.69) is 79.9 Å². The molecule has 0 spiro atoms. The zero-order chi connectivity index (χ0) is 67.3. The Kier molecular flexibility index (Phi) is 58.5. The number of amides is 1. The van der Waals surface area contributed by atoms with Gasteiger partial charge in [0.05, 0.1) is 32.0 Å². The monoisotopic (exact) mass is 1310 g/mol. The molecule has 12 unspecified atom stereocenters. The van der Waals surface area contributed by atoms with Crippen LogP contribution in [0.15, 0.2) is 72.9 Å². The standard InChI is InChI=1S/C79H143NO13/c1-3-5-7-9-11-13-15-17-19-21-23-25-27-29-31-32-33-34-35-36-37-39-41-43-45-47-49-51-53-55-57-59-61-63-71(84)80-67(66-90-78-76(89)74(87)77(70(65-82)92-78)93-79-75(88)73(86)72(85)69(64-81)91-79)68(83)62-60-58-56-54-52-50-48-46-44-42-40-38-30-28-26-24-22-20-18-16-14-12-10-8-6-4-2/h5,7,11,13,17,19,23,25,52,54,60,62,67-70,72-79,81-83,85-89H,3-4,6,8-10,12,14-16,18,20-22,24,26-51,53,55-59,61,63-66H2,1-2H3,(H,80,84)/b7-5-,13-11-,19-17-,25-23-,54-52+,62-60+. The lowest BCUT2D eigenvalue weighted by Gasteiger charge is -2.46. The number of rotatable bonds is 64. The van der Waals surface area contributed by atoms with Crippen LogP contribution >= 0.6 is 0 Å². The molecule has 0 aromatic carbocycles. The summed E-state index contributed by atoms with van der Waals surface area (Å²) in [6.07, 6.45) is 69.8. The number of aliphatic hydroxyl groups excluding tert-OH is 8. The fourth-order valence-electron chi connectivity index (χ4n) is 12.5. The molecule has 0 aromatic heterocycles. The number of ether oxygens (including phenoxy) is 4. The number of aliphatic hydroxyl groups is 8. The molecule has 1 amide bonds. The van der Waals surface area contributed by atoms with Crippen molar-refractivity contribution in [1.82, 2.24) is 5.32 Å². The van der Waals surface area contributed by atoms with Gasteiger partial charge in [0, 0.05) is 6.42 Å². The third kappa shape index (κ3) is 46.4. The first kappa shape index (κ1) is 86.5. The molecule has 0 aliphatic carbocycles. The summed E-state index contributed by atoms with van der Waals surface area (Å²) in [5, 5.41) is 87.6. The van der Waals surface area contributed by atoms with E-state index in [1.165, 1.54) is 238 Å². The van der Waals surface area contributed by atoms with E-state index in [1.807, 2.05) is 6.08 Å². The molecule has 2 rings (SSSR count). The Morgan fingerprint density at radius 2 is 0.753 bits per heavy atom. The van der Waals surface area contributed by atoms with Crippen LogP contribution in [0.25, 0.3) is 0 Å². The van der Waals surface area contributed by atoms with Gasteiger partial charge >= 0.3 is 0 Å². The van der Waals surface area contributed by atoms with Gasteiger partial charge in [-0.05, 0) is 70.6 Å². The molecule has 0 saturated carbocycles. The first-order valence-electron chi connectivity index (χ1n) is 38.7. The fraction of sp³-hybridized carbons (Fsp3) is 0.835. The molecule has 2 fully saturated rings. The molecule has 12 atom stereocenters. The van der Waals surface area contributed by atoms with Crippen LogP contribution in [0.2, 0.25) is 0 Å². The molecule has 2 aliphatic rings. The summed E-state index contributed by atoms with van der Waals surface area (Å²) < 4.78 is 22.9. The Hall–Kier alpha value is -2.57. The van der Waals surface area contributed by atoms with E-state index in [-0.39, 0.29) is 18.9 Å². The lowest BCUT2D eigenvalue weighted by atomic mass is 9.97. The molecule has 2 saturated heterocycles. The molecule has 0 bridgehead atoms. The van der Waals surface area contributed by atoms with Crippen LogP contribution in [0.3, 0.4) is 0 Å². The highest BCUT2D eigenvalue weighted by molar-refractivity contribution is 5.76. The van der Waals surface area contributed by atoms with Gasteiger partial charge in [-0.2, -0.15) is 0 Å². The third-order valence-electron chi connectivity index (χ3n) is 18.6. The highest BCUT2D eigenvalue weighted by atomic mass is 16.7. The first-order chi connectivity index (χ1) is 45.6. The zero-order valence-electron chi connectivity index (χ0n) is 59.2. The normalized spacial score (nSPS) is 22.9. The van der Waals surface area contributed by atoms with Crippen molar-refractivity contribution in [1.29, 1.82) is 0 Å². The molecule has 93 heavy (non-hydrogen) atoms. The molecule has 542 valence electrons. The molecule has 0 radical (unpaired) electrons. The third-order valence-corrected chi connectivity index (χ3v) is 18.6. The van der Waals surface area contributed by atoms with Gasteiger partial charge in [0.15, 0.2) is 12.6 Å². The molecular formula is C79H143NO13. The summed E-state index contributed by atoms with van der Waals surface area (Å²) in [5.41, 5.74) is 0. The number of hydrogen-bond acceptors (Lipinski definition) is 13. The minimum atomic E-state index is -1.79. The van der Waals surface area contributed by atoms with E-state index in [9.17, 15) is 45.6 Å². The van der Waals surface area contributed by atoms with Crippen LogP contribution < -0.4 is 5.32 Å². The number of allylic oxidation sites excluding steroid dienone is 11. The van der Waals surface area contributed by atoms with E-state index in [0.717, 1.165) is 57.8 Å². The lowest BCUT2D eigenvalue weighted by Crippen LogP contribution is -2.65. The molecule has 9 N–H and O–H groups in total. The van der Waals surface area contributed by atoms with Crippen molar-refractivity contribution in [3.63, 3.8) is 0 Å². The number of carbonyl (C=O) groups excluding carboxylic acids is 1. The summed E-state index contributed by atoms with van der Waals surface area (Å²) in [4.78, 5) is 13.4. The van der Waals surface area contributed by atoms with E-state index >= 15 is 0 Å². The average Bonchev–Trinajstić information content (AvgIpc) is 0.852. The van der Waals surface area contributed by atoms with Crippen LogP contribution in [-0.4, -0.2) is 140 Å². The average molecular weight is 1320 g/mol. The summed E-state index contributed by atoms with van der Waals surface area (Å²) in [6, 6.07) is -0.935. The minimum Gasteiger partial charge on any atom is -0.394 e. The smallest absolute Gasteiger partial charge is 0.220 e. The van der Waals surface area contributed by atoms with Crippen molar-refractivity contribution in [2.75, 3.05) is 19.8 Å². The van der Waals surface area contributed by atoms with Crippen molar-refractivity contribution in [2.24, 2.45) is 0 Å². The van der Waals surface area contributed by atoms with Crippen molar-refractivity contribution in [3.05, 3.63) is 72.9 Å². The van der Waals surface area contributed by atoms with E-state index in [4.69, 9.17) is 18.9 Å². The van der Waals surface area contributed by atoms with Gasteiger partial charge < -0.3 is 65.1 Å². The summed E-state index contributed by atoms with van der Waals surface area (Å²) in [6.45, 7) is 2.72. The molecule has 14 nitrogen and oxygen atoms in total. The van der Waals surface area contributed by atoms with Gasteiger partial charge in [-0.3, -0.25) is 4.79 Å². The maximum absolute atomic E-state index is 13.4. The molecule has 14 heteroatoms. The number of carbonyl (C=O) groups is 1. The SMILES string of the molecule is CC/C=C\C/C=C\C/C=C\C/C=C\CCCCCCCCCCCCCCCCCCCCCCC(=O)NC(COC1OC(CO)C(OC2OC(CO)C(O)C(O)C2O)C(O)C1O)C(O)/C=C/CC/C=C/CCCCCCCCCCCCCCCCCCCCCC. The van der Waals surface area contributed by atoms with E-state index in [1.54, 1.807) is 6.08 Å². The number of hydrogen-bond donors (Lipinski definition) is 9. The molecule has 0 aromatic rings. The lowest BCUT2D eigenvalue weighted by molar-refractivity contribution is -0.359. The Balaban J connectivity index is 1.64. The van der Waals surface area contributed by atoms with Gasteiger partial charge in [0.25, 0.3) is 0 Å². The highest BCUT2D eigenvalue weighted by Crippen LogP contribution is 2.30. The minimum absolute atomic E-state index is 0.245. The van der Waals surface area contributed by atoms with Gasteiger partial charge in [-0.15, -0.1) is 0 Å². The predicted octanol–water partition coefficient (Wildman–Crippen LogP) is 17.0. The second-order valence-corrected chi connectivity index (χ2v) is 27.1. The van der Waals surface area contributed by atoms with Crippen molar-refractivity contribution in [2.45, 2.75) is 402 Å². The van der Waals surface area contributed by atoms with Crippen molar-refractivity contribution in [3.8, 4) is 0 Å². The van der Waals surface area contributed by atoms with Crippen LogP contribution in [0, 0.1) is 0 Å². The quantitative estimate of drug-likeness (QED) is 0.0204. The summed E-state index contributed by atoms with van der Waals surface area (Å²) in [7, 11) is 0. The fourth-order valence-corrected chi connectivity index (χ4v) is 12.5. The van der Waals surface area contributed by atoms with Crippen LogP contribution in [0.4, 0.5) is 0 Å².